The average molecular weight is 449 g/mol. The Morgan fingerprint density at radius 2 is 1.85 bits per heavy atom. The van der Waals surface area contributed by atoms with Crippen molar-refractivity contribution < 1.29 is 13.2 Å². The fourth-order valence-corrected chi connectivity index (χ4v) is 4.15. The van der Waals surface area contributed by atoms with Gasteiger partial charge >= 0.3 is 6.18 Å². The molecule has 5 nitrogen and oxygen atoms in total. The van der Waals surface area contributed by atoms with E-state index >= 15 is 0 Å². The van der Waals surface area contributed by atoms with E-state index in [1.807, 2.05) is 12.1 Å². The summed E-state index contributed by atoms with van der Waals surface area (Å²) in [4.78, 5) is 8.09. The lowest BCUT2D eigenvalue weighted by Gasteiger charge is -2.18. The molecule has 1 aliphatic heterocycles. The molecule has 0 radical (unpaired) electrons. The number of nitrogens with zero attached hydrogens (tertiary/aromatic N) is 2. The third-order valence-corrected chi connectivity index (χ3v) is 5.75. The van der Waals surface area contributed by atoms with Crippen molar-refractivity contribution in [2.45, 2.75) is 19.0 Å². The number of hydrogen-bond acceptors (Lipinski definition) is 5. The molecule has 33 heavy (non-hydrogen) atoms. The first-order valence-corrected chi connectivity index (χ1v) is 10.7. The van der Waals surface area contributed by atoms with Crippen molar-refractivity contribution in [3.8, 4) is 0 Å². The van der Waals surface area contributed by atoms with Gasteiger partial charge in [0.15, 0.2) is 0 Å². The number of pyridine rings is 2. The first kappa shape index (κ1) is 21.2. The highest BCUT2D eigenvalue weighted by Crippen LogP contribution is 2.38. The molecule has 3 N–H and O–H groups in total. The van der Waals surface area contributed by atoms with E-state index in [2.05, 4.69) is 44.1 Å². The Kier molecular flexibility index (Phi) is 5.60. The van der Waals surface area contributed by atoms with E-state index in [0.717, 1.165) is 43.4 Å². The molecule has 5 rings (SSSR count). The normalized spacial score (nSPS) is 15.5. The largest absolute Gasteiger partial charge is 0.419 e. The molecule has 2 aliphatic rings. The molecule has 1 aromatic carbocycles. The summed E-state index contributed by atoms with van der Waals surface area (Å²) in [6.45, 7) is 1.82. The van der Waals surface area contributed by atoms with Crippen LogP contribution >= 0.6 is 0 Å². The minimum absolute atomic E-state index is 0.111. The van der Waals surface area contributed by atoms with Crippen LogP contribution in [0.5, 0.6) is 0 Å². The summed E-state index contributed by atoms with van der Waals surface area (Å²) in [5.41, 5.74) is 4.79. The fourth-order valence-electron chi connectivity index (χ4n) is 4.15. The molecule has 168 valence electrons. The van der Waals surface area contributed by atoms with E-state index in [1.54, 1.807) is 18.2 Å². The van der Waals surface area contributed by atoms with Crippen molar-refractivity contribution >= 4 is 28.6 Å². The van der Waals surface area contributed by atoms with Crippen LogP contribution in [0.15, 0.2) is 72.6 Å². The Bertz CT molecular complexity index is 1230. The van der Waals surface area contributed by atoms with Crippen LogP contribution in [0, 0.1) is 0 Å². The smallest absolute Gasteiger partial charge is 0.340 e. The number of allylic oxidation sites excluding steroid dienone is 2. The van der Waals surface area contributed by atoms with Gasteiger partial charge in [-0.1, -0.05) is 24.3 Å². The quantitative estimate of drug-likeness (QED) is 0.457. The predicted octanol–water partition coefficient (Wildman–Crippen LogP) is 5.84. The van der Waals surface area contributed by atoms with E-state index in [9.17, 15) is 13.2 Å². The maximum atomic E-state index is 13.5. The summed E-state index contributed by atoms with van der Waals surface area (Å²) in [6.07, 6.45) is 4.14. The summed E-state index contributed by atoms with van der Waals surface area (Å²) < 4.78 is 40.6. The van der Waals surface area contributed by atoms with Gasteiger partial charge in [-0.3, -0.25) is 0 Å². The van der Waals surface area contributed by atoms with Gasteiger partial charge in [0.1, 0.15) is 11.6 Å². The Labute approximate surface area is 189 Å². The average Bonchev–Trinajstić information content (AvgIpc) is 3.23. The van der Waals surface area contributed by atoms with Crippen LogP contribution < -0.4 is 16.0 Å². The molecule has 3 heterocycles. The van der Waals surface area contributed by atoms with Gasteiger partial charge in [0.05, 0.1) is 11.3 Å². The zero-order valence-electron chi connectivity index (χ0n) is 17.7. The van der Waals surface area contributed by atoms with Gasteiger partial charge in [-0.25, -0.2) is 9.97 Å². The van der Waals surface area contributed by atoms with Crippen LogP contribution in [0.4, 0.5) is 36.2 Å². The van der Waals surface area contributed by atoms with E-state index < -0.39 is 11.7 Å². The summed E-state index contributed by atoms with van der Waals surface area (Å²) in [5, 5.41) is 9.26. The van der Waals surface area contributed by atoms with Gasteiger partial charge in [0, 0.05) is 30.7 Å². The second kappa shape index (κ2) is 8.71. The van der Waals surface area contributed by atoms with E-state index in [-0.39, 0.29) is 5.69 Å². The fraction of sp³-hybridized carbons (Fsp3) is 0.200. The van der Waals surface area contributed by atoms with E-state index in [1.165, 1.54) is 29.0 Å². The number of aromatic nitrogens is 2. The first-order chi connectivity index (χ1) is 16.0. The maximum absolute atomic E-state index is 13.5. The highest BCUT2D eigenvalue weighted by Gasteiger charge is 2.34. The van der Waals surface area contributed by atoms with Gasteiger partial charge in [-0.2, -0.15) is 13.2 Å². The Balaban J connectivity index is 1.43. The number of anilines is 4. The van der Waals surface area contributed by atoms with Crippen LogP contribution in [0.2, 0.25) is 0 Å². The van der Waals surface area contributed by atoms with Crippen molar-refractivity contribution in [2.24, 2.45) is 0 Å². The molecule has 0 saturated carbocycles. The minimum atomic E-state index is -4.54. The lowest BCUT2D eigenvalue weighted by Crippen LogP contribution is -2.20. The van der Waals surface area contributed by atoms with Crippen molar-refractivity contribution in [1.82, 2.24) is 15.3 Å². The van der Waals surface area contributed by atoms with E-state index in [4.69, 9.17) is 0 Å². The van der Waals surface area contributed by atoms with Crippen LogP contribution in [-0.4, -0.2) is 23.1 Å². The molecule has 0 atom stereocenters. The van der Waals surface area contributed by atoms with Crippen molar-refractivity contribution in [3.63, 3.8) is 0 Å². The highest BCUT2D eigenvalue weighted by molar-refractivity contribution is 5.86. The van der Waals surface area contributed by atoms with Crippen molar-refractivity contribution in [1.29, 1.82) is 0 Å². The first-order valence-electron chi connectivity index (χ1n) is 10.7. The lowest BCUT2D eigenvalue weighted by atomic mass is 9.95. The summed E-state index contributed by atoms with van der Waals surface area (Å²) in [7, 11) is 0. The van der Waals surface area contributed by atoms with Gasteiger partial charge in [-0.15, -0.1) is 0 Å². The van der Waals surface area contributed by atoms with Crippen LogP contribution in [0.25, 0.3) is 5.57 Å². The molecular weight excluding hydrogens is 427 g/mol. The molecule has 0 bridgehead atoms. The Morgan fingerprint density at radius 3 is 2.61 bits per heavy atom. The lowest BCUT2D eigenvalue weighted by molar-refractivity contribution is -0.137. The zero-order chi connectivity index (χ0) is 22.8. The number of benzene rings is 1. The summed E-state index contributed by atoms with van der Waals surface area (Å²) >= 11 is 0. The summed E-state index contributed by atoms with van der Waals surface area (Å²) in [6, 6.07) is 12.4. The highest BCUT2D eigenvalue weighted by atomic mass is 19.4. The maximum Gasteiger partial charge on any atom is 0.419 e. The van der Waals surface area contributed by atoms with E-state index in [0.29, 0.717) is 11.6 Å². The van der Waals surface area contributed by atoms with Gasteiger partial charge < -0.3 is 16.0 Å². The number of nitrogens with one attached hydrogen (secondary N) is 3. The number of fused-ring (bicyclic) bond motifs is 1. The van der Waals surface area contributed by atoms with Crippen molar-refractivity contribution in [3.05, 3.63) is 89.3 Å². The topological polar surface area (TPSA) is 61.9 Å². The molecule has 2 aromatic heterocycles. The third-order valence-electron chi connectivity index (χ3n) is 5.75. The molecule has 0 unspecified atom stereocenters. The molecule has 8 heteroatoms. The number of hydrogen-bond donors (Lipinski definition) is 3. The van der Waals surface area contributed by atoms with Crippen molar-refractivity contribution in [2.75, 3.05) is 23.7 Å². The number of rotatable bonds is 5. The number of halogens is 3. The number of alkyl halides is 3. The second-order valence-electron chi connectivity index (χ2n) is 7.96. The van der Waals surface area contributed by atoms with Crippen LogP contribution in [-0.2, 0) is 12.6 Å². The third kappa shape index (κ3) is 4.61. The predicted molar refractivity (Wildman–Crippen MR) is 124 cm³/mol. The van der Waals surface area contributed by atoms with Crippen LogP contribution in [0.3, 0.4) is 0 Å². The summed E-state index contributed by atoms with van der Waals surface area (Å²) in [5.74, 6) is 0.633. The molecular formula is C25H22F3N5. The van der Waals surface area contributed by atoms with Gasteiger partial charge in [0.2, 0.25) is 0 Å². The second-order valence-corrected chi connectivity index (χ2v) is 7.96. The van der Waals surface area contributed by atoms with Gasteiger partial charge in [0.25, 0.3) is 0 Å². The SMILES string of the molecule is FC(F)(F)c1cnc(Nc2ccc3c(c2)C(C2=CCNCC2)=CC3)cc1Nc1ccccn1. The Morgan fingerprint density at radius 1 is 0.939 bits per heavy atom. The van der Waals surface area contributed by atoms with Gasteiger partial charge in [-0.05, 0) is 65.9 Å². The Hall–Kier alpha value is -3.65. The standard InChI is InChI=1S/C25H22F3N5/c26-25(27,28)21-15-31-24(14-22(21)33-23-3-1-2-10-30-23)32-18-6-4-16-5-7-19(20(16)13-18)17-8-11-29-12-9-17/h1-4,6-8,10,13-15,29H,5,9,11-12H2,(H2,30,31,32,33). The molecule has 3 aromatic rings. The molecule has 0 spiro atoms. The molecule has 0 saturated heterocycles. The minimum Gasteiger partial charge on any atom is -0.340 e. The molecule has 1 aliphatic carbocycles. The van der Waals surface area contributed by atoms with Crippen LogP contribution in [0.1, 0.15) is 23.1 Å². The zero-order valence-corrected chi connectivity index (χ0v) is 17.7. The monoisotopic (exact) mass is 449 g/mol. The molecule has 0 amide bonds. The molecule has 0 fully saturated rings.